The Labute approximate surface area is 84.5 Å². The highest BCUT2D eigenvalue weighted by atomic mass is 35.5. The Morgan fingerprint density at radius 2 is 1.77 bits per heavy atom. The minimum absolute atomic E-state index is 0.543. The van der Waals surface area contributed by atoms with Crippen LogP contribution in [0.1, 0.15) is 0 Å². The van der Waals surface area contributed by atoms with Crippen molar-refractivity contribution in [2.45, 2.75) is 28.9 Å². The van der Waals surface area contributed by atoms with Gasteiger partial charge in [-0.25, -0.2) is 0 Å². The highest BCUT2D eigenvalue weighted by Crippen LogP contribution is 2.37. The Morgan fingerprint density at radius 1 is 1.23 bits per heavy atom. The summed E-state index contributed by atoms with van der Waals surface area (Å²) in [6.07, 6.45) is -5.73. The molecule has 0 aromatic heterocycles. The van der Waals surface area contributed by atoms with E-state index in [0.717, 1.165) is 0 Å². The quantitative estimate of drug-likeness (QED) is 0.418. The standard InChI is InChI=1S/C6H10Cl2O5/c7-6(8)4(11)3(10)2(1-9)13-5(6)12/h2-5,9-12H,1H2/t2-,3-,4+,5-/m1/s1. The Hall–Kier alpha value is 0.380. The molecule has 7 heteroatoms. The number of aliphatic hydroxyl groups excluding tert-OH is 4. The average Bonchev–Trinajstić information content (AvgIpc) is 2.09. The second-order valence-electron chi connectivity index (χ2n) is 2.82. The number of halogens is 2. The SMILES string of the molecule is OC[C@H]1O[C@@H](O)C(Cl)(Cl)[C@@H](O)[C@@H]1O. The van der Waals surface area contributed by atoms with Crippen molar-refractivity contribution in [2.75, 3.05) is 6.61 Å². The largest absolute Gasteiger partial charge is 0.394 e. The lowest BCUT2D eigenvalue weighted by atomic mass is 10.0. The third kappa shape index (κ3) is 1.92. The van der Waals surface area contributed by atoms with Gasteiger partial charge in [0.2, 0.25) is 0 Å². The summed E-state index contributed by atoms with van der Waals surface area (Å²) in [6, 6.07) is 0. The van der Waals surface area contributed by atoms with Gasteiger partial charge in [0.25, 0.3) is 0 Å². The second kappa shape index (κ2) is 3.86. The Morgan fingerprint density at radius 3 is 2.23 bits per heavy atom. The molecule has 1 fully saturated rings. The molecular weight excluding hydrogens is 223 g/mol. The van der Waals surface area contributed by atoms with Crippen LogP contribution in [0, 0.1) is 0 Å². The van der Waals surface area contributed by atoms with Crippen LogP contribution < -0.4 is 0 Å². The molecule has 1 aliphatic heterocycles. The topological polar surface area (TPSA) is 90.2 Å². The van der Waals surface area contributed by atoms with Crippen LogP contribution in [-0.4, -0.2) is 56.0 Å². The highest BCUT2D eigenvalue weighted by molar-refractivity contribution is 6.49. The van der Waals surface area contributed by atoms with Crippen molar-refractivity contribution in [1.29, 1.82) is 0 Å². The summed E-state index contributed by atoms with van der Waals surface area (Å²) in [5.41, 5.74) is 0. The molecule has 78 valence electrons. The molecule has 0 amide bonds. The average molecular weight is 233 g/mol. The van der Waals surface area contributed by atoms with Crippen LogP contribution in [0.3, 0.4) is 0 Å². The minimum atomic E-state index is -1.98. The number of ether oxygens (including phenoxy) is 1. The zero-order valence-electron chi connectivity index (χ0n) is 6.47. The molecule has 1 heterocycles. The van der Waals surface area contributed by atoms with E-state index in [0.29, 0.717) is 0 Å². The van der Waals surface area contributed by atoms with Crippen LogP contribution in [0.2, 0.25) is 0 Å². The van der Waals surface area contributed by atoms with Crippen molar-refractivity contribution in [2.24, 2.45) is 0 Å². The van der Waals surface area contributed by atoms with E-state index in [2.05, 4.69) is 4.74 Å². The van der Waals surface area contributed by atoms with Crippen molar-refractivity contribution in [1.82, 2.24) is 0 Å². The van der Waals surface area contributed by atoms with E-state index in [4.69, 9.17) is 33.4 Å². The normalized spacial score (nSPS) is 44.8. The summed E-state index contributed by atoms with van der Waals surface area (Å²) in [5.74, 6) is 0. The lowest BCUT2D eigenvalue weighted by molar-refractivity contribution is -0.244. The maximum absolute atomic E-state index is 9.31. The van der Waals surface area contributed by atoms with Crippen LogP contribution in [-0.2, 0) is 4.74 Å². The first-order chi connectivity index (χ1) is 5.91. The smallest absolute Gasteiger partial charge is 0.196 e. The Kier molecular flexibility index (Phi) is 3.40. The number of aliphatic hydroxyl groups is 4. The van der Waals surface area contributed by atoms with E-state index >= 15 is 0 Å². The molecular formula is C6H10Cl2O5. The molecule has 1 rings (SSSR count). The number of rotatable bonds is 1. The first-order valence-corrected chi connectivity index (χ1v) is 4.35. The molecule has 0 radical (unpaired) electrons. The van der Waals surface area contributed by atoms with Crippen LogP contribution in [0.15, 0.2) is 0 Å². The lowest BCUT2D eigenvalue weighted by Crippen LogP contribution is -2.61. The Balaban J connectivity index is 2.79. The van der Waals surface area contributed by atoms with Crippen LogP contribution >= 0.6 is 23.2 Å². The van der Waals surface area contributed by atoms with Crippen LogP contribution in [0.4, 0.5) is 0 Å². The van der Waals surface area contributed by atoms with Gasteiger partial charge in [-0.2, -0.15) is 0 Å². The van der Waals surface area contributed by atoms with Gasteiger partial charge < -0.3 is 25.2 Å². The summed E-state index contributed by atoms with van der Waals surface area (Å²) < 4.78 is 2.68. The van der Waals surface area contributed by atoms with E-state index in [1.165, 1.54) is 0 Å². The lowest BCUT2D eigenvalue weighted by Gasteiger charge is -2.41. The van der Waals surface area contributed by atoms with Gasteiger partial charge in [-0.1, -0.05) is 23.2 Å². The molecule has 0 aromatic carbocycles. The summed E-state index contributed by atoms with van der Waals surface area (Å²) >= 11 is 11.0. The van der Waals surface area contributed by atoms with Gasteiger partial charge in [0, 0.05) is 0 Å². The second-order valence-corrected chi connectivity index (χ2v) is 4.26. The summed E-state index contributed by atoms with van der Waals surface area (Å²) in [6.45, 7) is -0.543. The molecule has 1 saturated heterocycles. The maximum Gasteiger partial charge on any atom is 0.196 e. The first kappa shape index (κ1) is 11.5. The predicted octanol–water partition coefficient (Wildman–Crippen LogP) is -1.41. The summed E-state index contributed by atoms with van der Waals surface area (Å²) in [5, 5.41) is 36.4. The van der Waals surface area contributed by atoms with Gasteiger partial charge in [0.1, 0.15) is 18.3 Å². The summed E-state index contributed by atoms with van der Waals surface area (Å²) in [4.78, 5) is 0. The number of alkyl halides is 2. The van der Waals surface area contributed by atoms with Crippen LogP contribution in [0.5, 0.6) is 0 Å². The van der Waals surface area contributed by atoms with Crippen molar-refractivity contribution in [3.05, 3.63) is 0 Å². The fraction of sp³-hybridized carbons (Fsp3) is 1.00. The van der Waals surface area contributed by atoms with E-state index in [1.807, 2.05) is 0 Å². The molecule has 0 aromatic rings. The van der Waals surface area contributed by atoms with Crippen LogP contribution in [0.25, 0.3) is 0 Å². The maximum atomic E-state index is 9.31. The summed E-state index contributed by atoms with van der Waals surface area (Å²) in [7, 11) is 0. The zero-order chi connectivity index (χ0) is 10.2. The molecule has 0 spiro atoms. The van der Waals surface area contributed by atoms with E-state index in [-0.39, 0.29) is 0 Å². The third-order valence-electron chi connectivity index (χ3n) is 1.91. The molecule has 0 saturated carbocycles. The van der Waals surface area contributed by atoms with Gasteiger partial charge in [0.15, 0.2) is 10.6 Å². The van der Waals surface area contributed by atoms with Gasteiger partial charge >= 0.3 is 0 Å². The monoisotopic (exact) mass is 232 g/mol. The molecule has 13 heavy (non-hydrogen) atoms. The molecule has 0 aliphatic carbocycles. The molecule has 1 aliphatic rings. The molecule has 0 unspecified atom stereocenters. The number of hydrogen-bond acceptors (Lipinski definition) is 5. The molecule has 5 nitrogen and oxygen atoms in total. The number of hydrogen-bond donors (Lipinski definition) is 4. The van der Waals surface area contributed by atoms with E-state index in [9.17, 15) is 10.2 Å². The third-order valence-corrected chi connectivity index (χ3v) is 2.73. The van der Waals surface area contributed by atoms with E-state index in [1.54, 1.807) is 0 Å². The molecule has 4 N–H and O–H groups in total. The fourth-order valence-corrected chi connectivity index (χ4v) is 1.43. The van der Waals surface area contributed by atoms with Crippen molar-refractivity contribution < 1.29 is 25.2 Å². The van der Waals surface area contributed by atoms with Crippen molar-refractivity contribution >= 4 is 23.2 Å². The van der Waals surface area contributed by atoms with Crippen molar-refractivity contribution in [3.8, 4) is 0 Å². The molecule has 0 bridgehead atoms. The van der Waals surface area contributed by atoms with Gasteiger partial charge in [-0.15, -0.1) is 0 Å². The first-order valence-electron chi connectivity index (χ1n) is 3.59. The van der Waals surface area contributed by atoms with Gasteiger partial charge in [0.05, 0.1) is 6.61 Å². The van der Waals surface area contributed by atoms with E-state index < -0.39 is 35.5 Å². The minimum Gasteiger partial charge on any atom is -0.394 e. The zero-order valence-corrected chi connectivity index (χ0v) is 7.98. The van der Waals surface area contributed by atoms with Crippen molar-refractivity contribution in [3.63, 3.8) is 0 Å². The van der Waals surface area contributed by atoms with Gasteiger partial charge in [-0.3, -0.25) is 0 Å². The van der Waals surface area contributed by atoms with Gasteiger partial charge in [-0.05, 0) is 0 Å². The molecule has 4 atom stereocenters. The predicted molar refractivity (Wildman–Crippen MR) is 44.4 cm³/mol. The Bertz CT molecular complexity index is 188. The fourth-order valence-electron chi connectivity index (χ4n) is 1.06. The highest BCUT2D eigenvalue weighted by Gasteiger charge is 2.53.